The van der Waals surface area contributed by atoms with Gasteiger partial charge in [-0.15, -0.1) is 0 Å². The second-order valence-corrected chi connectivity index (χ2v) is 6.99. The van der Waals surface area contributed by atoms with Gasteiger partial charge in [0.25, 0.3) is 0 Å². The van der Waals surface area contributed by atoms with E-state index in [1.165, 1.54) is 6.07 Å². The summed E-state index contributed by atoms with van der Waals surface area (Å²) in [7, 11) is 0. The van der Waals surface area contributed by atoms with Crippen molar-refractivity contribution in [3.63, 3.8) is 0 Å². The molecule has 1 aliphatic heterocycles. The highest BCUT2D eigenvalue weighted by atomic mass is 19.1. The molecule has 0 aliphatic carbocycles. The molecule has 0 atom stereocenters. The molecule has 1 fully saturated rings. The number of aliphatic carboxylic acids is 1. The fraction of sp³-hybridized carbons (Fsp3) is 0.474. The zero-order valence-electron chi connectivity index (χ0n) is 15.5. The highest BCUT2D eigenvalue weighted by Crippen LogP contribution is 2.25. The molecule has 0 bridgehead atoms. The molecular weight excluding hydrogens is 369 g/mol. The highest BCUT2D eigenvalue weighted by molar-refractivity contribution is 5.78. The molecule has 9 heteroatoms. The van der Waals surface area contributed by atoms with Gasteiger partial charge in [-0.2, -0.15) is 4.98 Å². The molecule has 0 spiro atoms. The molecule has 1 saturated heterocycles. The predicted molar refractivity (Wildman–Crippen MR) is 95.9 cm³/mol. The average Bonchev–Trinajstić information content (AvgIpc) is 3.11. The minimum Gasteiger partial charge on any atom is -0.481 e. The summed E-state index contributed by atoms with van der Waals surface area (Å²) < 4.78 is 24.1. The molecule has 1 amide bonds. The Bertz CT molecular complexity index is 861. The number of carbonyl (C=O) groups excluding carboxylic acids is 1. The maximum absolute atomic E-state index is 13.7. The zero-order chi connectivity index (χ0) is 20.1. The van der Waals surface area contributed by atoms with Gasteiger partial charge in [0.2, 0.25) is 17.6 Å². The number of aryl methyl sites for hydroxylation is 2. The number of rotatable bonds is 7. The summed E-state index contributed by atoms with van der Waals surface area (Å²) in [6.45, 7) is 2.48. The number of halogens is 1. The quantitative estimate of drug-likeness (QED) is 0.744. The maximum atomic E-state index is 13.7. The molecule has 8 nitrogen and oxygen atoms in total. The van der Waals surface area contributed by atoms with Gasteiger partial charge in [0.1, 0.15) is 5.82 Å². The third kappa shape index (κ3) is 4.92. The summed E-state index contributed by atoms with van der Waals surface area (Å²) in [5, 5.41) is 15.8. The Balaban J connectivity index is 1.59. The number of benzene rings is 1. The van der Waals surface area contributed by atoms with Gasteiger partial charge in [-0.1, -0.05) is 17.3 Å². The number of hydrogen-bond acceptors (Lipinski definition) is 6. The summed E-state index contributed by atoms with van der Waals surface area (Å²) in [6.07, 6.45) is 1.04. The van der Waals surface area contributed by atoms with Crippen molar-refractivity contribution in [2.75, 3.05) is 13.2 Å². The Morgan fingerprint density at radius 3 is 2.75 bits per heavy atom. The fourth-order valence-electron chi connectivity index (χ4n) is 3.18. The van der Waals surface area contributed by atoms with Crippen LogP contribution < -0.4 is 5.32 Å². The van der Waals surface area contributed by atoms with Crippen molar-refractivity contribution < 1.29 is 28.3 Å². The first-order valence-electron chi connectivity index (χ1n) is 9.07. The smallest absolute Gasteiger partial charge is 0.305 e. The third-order valence-electron chi connectivity index (χ3n) is 4.81. The van der Waals surface area contributed by atoms with Gasteiger partial charge in [-0.05, 0) is 31.4 Å². The summed E-state index contributed by atoms with van der Waals surface area (Å²) in [5.41, 5.74) is 0.221. The van der Waals surface area contributed by atoms with Crippen LogP contribution in [0.1, 0.15) is 37.1 Å². The number of hydrogen-bond donors (Lipinski definition) is 2. The third-order valence-corrected chi connectivity index (χ3v) is 4.81. The van der Waals surface area contributed by atoms with Gasteiger partial charge in [0.05, 0.1) is 12.0 Å². The molecular formula is C19H22FN3O5. The van der Waals surface area contributed by atoms with Crippen LogP contribution in [0.4, 0.5) is 4.39 Å². The number of carboxylic acids is 1. The lowest BCUT2D eigenvalue weighted by atomic mass is 9.86. The van der Waals surface area contributed by atoms with Crippen molar-refractivity contribution in [3.05, 3.63) is 35.5 Å². The molecule has 2 N–H and O–H groups in total. The van der Waals surface area contributed by atoms with Gasteiger partial charge in [-0.3, -0.25) is 9.59 Å². The SMILES string of the molecule is Cc1ccc(-c2noc(CCC(=O)NC3(CC(=O)O)CCOCC3)n2)cc1F. The summed E-state index contributed by atoms with van der Waals surface area (Å²) >= 11 is 0. The number of nitrogens with one attached hydrogen (secondary N) is 1. The second-order valence-electron chi connectivity index (χ2n) is 6.99. The molecule has 1 aromatic heterocycles. The first-order chi connectivity index (χ1) is 13.4. The lowest BCUT2D eigenvalue weighted by molar-refractivity contribution is -0.140. The molecule has 3 rings (SSSR count). The topological polar surface area (TPSA) is 115 Å². The molecule has 1 aromatic carbocycles. The second kappa shape index (κ2) is 8.47. The van der Waals surface area contributed by atoms with Gasteiger partial charge in [0.15, 0.2) is 0 Å². The Labute approximate surface area is 161 Å². The van der Waals surface area contributed by atoms with E-state index in [2.05, 4.69) is 15.5 Å². The van der Waals surface area contributed by atoms with Crippen LogP contribution in [0.2, 0.25) is 0 Å². The van der Waals surface area contributed by atoms with Crippen molar-refractivity contribution in [1.29, 1.82) is 0 Å². The van der Waals surface area contributed by atoms with Crippen molar-refractivity contribution in [2.45, 2.75) is 44.6 Å². The number of aromatic nitrogens is 2. The largest absolute Gasteiger partial charge is 0.481 e. The van der Waals surface area contributed by atoms with Crippen molar-refractivity contribution in [2.24, 2.45) is 0 Å². The number of carbonyl (C=O) groups is 2. The van der Waals surface area contributed by atoms with Crippen LogP contribution in [0.15, 0.2) is 22.7 Å². The van der Waals surface area contributed by atoms with Crippen molar-refractivity contribution in [3.8, 4) is 11.4 Å². The Hall–Kier alpha value is -2.81. The summed E-state index contributed by atoms with van der Waals surface area (Å²) in [4.78, 5) is 27.7. The van der Waals surface area contributed by atoms with Crippen LogP contribution in [0.3, 0.4) is 0 Å². The minimum absolute atomic E-state index is 0.0755. The normalized spacial score (nSPS) is 15.9. The van der Waals surface area contributed by atoms with Crippen LogP contribution >= 0.6 is 0 Å². The monoisotopic (exact) mass is 391 g/mol. The number of nitrogens with zero attached hydrogens (tertiary/aromatic N) is 2. The zero-order valence-corrected chi connectivity index (χ0v) is 15.5. The average molecular weight is 391 g/mol. The predicted octanol–water partition coefficient (Wildman–Crippen LogP) is 2.26. The van der Waals surface area contributed by atoms with E-state index < -0.39 is 11.5 Å². The molecule has 0 unspecified atom stereocenters. The lowest BCUT2D eigenvalue weighted by Gasteiger charge is -2.36. The van der Waals surface area contributed by atoms with E-state index in [4.69, 9.17) is 14.4 Å². The molecule has 1 aliphatic rings. The molecule has 150 valence electrons. The first-order valence-corrected chi connectivity index (χ1v) is 9.07. The summed E-state index contributed by atoms with van der Waals surface area (Å²) in [6, 6.07) is 4.65. The highest BCUT2D eigenvalue weighted by Gasteiger charge is 2.36. The van der Waals surface area contributed by atoms with Gasteiger partial charge in [0, 0.05) is 31.6 Å². The standard InChI is InChI=1S/C19H22FN3O5/c1-12-2-3-13(10-14(12)20)18-21-16(28-23-18)5-4-15(24)22-19(11-17(25)26)6-8-27-9-7-19/h2-3,10H,4-9,11H2,1H3,(H,22,24)(H,25,26). The molecule has 2 aromatic rings. The van der Waals surface area contributed by atoms with Crippen LogP contribution in [0.5, 0.6) is 0 Å². The fourth-order valence-corrected chi connectivity index (χ4v) is 3.18. The lowest BCUT2D eigenvalue weighted by Crippen LogP contribution is -2.53. The number of carboxylic acid groups (broad SMARTS) is 1. The molecule has 0 saturated carbocycles. The molecule has 0 radical (unpaired) electrons. The van der Waals surface area contributed by atoms with Crippen molar-refractivity contribution >= 4 is 11.9 Å². The number of amides is 1. The van der Waals surface area contributed by atoms with Crippen LogP contribution in [0.25, 0.3) is 11.4 Å². The van der Waals surface area contributed by atoms with Crippen molar-refractivity contribution in [1.82, 2.24) is 15.5 Å². The van der Waals surface area contributed by atoms with E-state index in [1.54, 1.807) is 19.1 Å². The van der Waals surface area contributed by atoms with E-state index in [0.717, 1.165) is 0 Å². The Kier molecular flexibility index (Phi) is 6.03. The van der Waals surface area contributed by atoms with E-state index in [1.807, 2.05) is 0 Å². The Morgan fingerprint density at radius 2 is 2.07 bits per heavy atom. The van der Waals surface area contributed by atoms with Crippen LogP contribution in [0, 0.1) is 12.7 Å². The first kappa shape index (κ1) is 19.9. The van der Waals surface area contributed by atoms with Gasteiger partial charge < -0.3 is 19.7 Å². The number of ether oxygens (including phenoxy) is 1. The van der Waals surface area contributed by atoms with E-state index in [9.17, 15) is 14.0 Å². The van der Waals surface area contributed by atoms with Gasteiger partial charge in [-0.25, -0.2) is 4.39 Å². The van der Waals surface area contributed by atoms with E-state index >= 15 is 0 Å². The molecule has 28 heavy (non-hydrogen) atoms. The van der Waals surface area contributed by atoms with E-state index in [0.29, 0.717) is 37.2 Å². The molecule has 2 heterocycles. The Morgan fingerprint density at radius 1 is 1.32 bits per heavy atom. The minimum atomic E-state index is -0.964. The summed E-state index contributed by atoms with van der Waals surface area (Å²) in [5.74, 6) is -1.10. The van der Waals surface area contributed by atoms with Gasteiger partial charge >= 0.3 is 5.97 Å². The van der Waals surface area contributed by atoms with Crippen LogP contribution in [-0.2, 0) is 20.7 Å². The van der Waals surface area contributed by atoms with E-state index in [-0.39, 0.29) is 42.7 Å². The van der Waals surface area contributed by atoms with Crippen LogP contribution in [-0.4, -0.2) is 45.9 Å². The maximum Gasteiger partial charge on any atom is 0.305 e.